The van der Waals surface area contributed by atoms with Gasteiger partial charge >= 0.3 is 5.97 Å². The van der Waals surface area contributed by atoms with Crippen LogP contribution in [0.1, 0.15) is 28.6 Å². The Morgan fingerprint density at radius 1 is 1.33 bits per heavy atom. The zero-order valence-corrected chi connectivity index (χ0v) is 19.2. The SMILES string of the molecule is CCOC(=O)c1c(NC(=S)NCCCn2cc(Cl)cn2)sc(C)c1-c1ccccc1. The van der Waals surface area contributed by atoms with Crippen LogP contribution in [0.15, 0.2) is 42.7 Å². The van der Waals surface area contributed by atoms with Gasteiger partial charge in [-0.2, -0.15) is 5.10 Å². The minimum atomic E-state index is -0.360. The largest absolute Gasteiger partial charge is 0.462 e. The second-order valence-electron chi connectivity index (χ2n) is 6.48. The van der Waals surface area contributed by atoms with E-state index in [-0.39, 0.29) is 5.97 Å². The van der Waals surface area contributed by atoms with Gasteiger partial charge < -0.3 is 15.4 Å². The second-order valence-corrected chi connectivity index (χ2v) is 8.55. The summed E-state index contributed by atoms with van der Waals surface area (Å²) in [6.45, 7) is 5.49. The molecule has 2 aromatic heterocycles. The van der Waals surface area contributed by atoms with Crippen LogP contribution in [-0.2, 0) is 11.3 Å². The minimum Gasteiger partial charge on any atom is -0.462 e. The first-order valence-electron chi connectivity index (χ1n) is 9.58. The van der Waals surface area contributed by atoms with Crippen LogP contribution < -0.4 is 10.6 Å². The summed E-state index contributed by atoms with van der Waals surface area (Å²) >= 11 is 12.8. The lowest BCUT2D eigenvalue weighted by Gasteiger charge is -2.12. The van der Waals surface area contributed by atoms with Gasteiger partial charge in [0.15, 0.2) is 5.11 Å². The first-order valence-corrected chi connectivity index (χ1v) is 11.2. The molecule has 0 radical (unpaired) electrons. The molecule has 30 heavy (non-hydrogen) atoms. The number of aryl methyl sites for hydroxylation is 2. The first-order chi connectivity index (χ1) is 14.5. The highest BCUT2D eigenvalue weighted by Gasteiger charge is 2.24. The fourth-order valence-corrected chi connectivity index (χ4v) is 4.53. The second kappa shape index (κ2) is 10.6. The molecule has 2 heterocycles. The van der Waals surface area contributed by atoms with E-state index in [1.54, 1.807) is 24.0 Å². The number of aromatic nitrogens is 2. The lowest BCUT2D eigenvalue weighted by Crippen LogP contribution is -2.30. The molecule has 0 saturated carbocycles. The molecule has 3 aromatic rings. The van der Waals surface area contributed by atoms with Crippen LogP contribution in [0.2, 0.25) is 5.02 Å². The third kappa shape index (κ3) is 5.59. The molecule has 9 heteroatoms. The van der Waals surface area contributed by atoms with Crippen LogP contribution in [0, 0.1) is 6.92 Å². The number of benzene rings is 1. The van der Waals surface area contributed by atoms with E-state index >= 15 is 0 Å². The standard InChI is InChI=1S/C21H23ClN4O2S2/c1-3-28-20(27)18-17(15-8-5-4-6-9-15)14(2)30-19(18)25-21(29)23-10-7-11-26-13-16(22)12-24-26/h4-6,8-9,12-13H,3,7,10-11H2,1-2H3,(H2,23,25,29). The summed E-state index contributed by atoms with van der Waals surface area (Å²) in [6, 6.07) is 9.82. The molecule has 158 valence electrons. The van der Waals surface area contributed by atoms with Gasteiger partial charge in [0.25, 0.3) is 0 Å². The Bertz CT molecular complexity index is 1020. The van der Waals surface area contributed by atoms with Crippen molar-refractivity contribution in [3.05, 3.63) is 58.2 Å². The van der Waals surface area contributed by atoms with E-state index < -0.39 is 0 Å². The molecule has 3 rings (SSSR count). The summed E-state index contributed by atoms with van der Waals surface area (Å²) < 4.78 is 7.10. The molecule has 0 fully saturated rings. The Morgan fingerprint density at radius 3 is 2.77 bits per heavy atom. The van der Waals surface area contributed by atoms with Gasteiger partial charge in [-0.05, 0) is 38.0 Å². The number of halogens is 1. The number of esters is 1. The molecule has 0 aliphatic rings. The van der Waals surface area contributed by atoms with Crippen molar-refractivity contribution in [2.24, 2.45) is 0 Å². The molecule has 0 saturated heterocycles. The fraction of sp³-hybridized carbons (Fsp3) is 0.286. The van der Waals surface area contributed by atoms with E-state index in [1.165, 1.54) is 11.3 Å². The molecule has 0 unspecified atom stereocenters. The zero-order chi connectivity index (χ0) is 21.5. The van der Waals surface area contributed by atoms with Crippen molar-refractivity contribution in [2.75, 3.05) is 18.5 Å². The van der Waals surface area contributed by atoms with Crippen molar-refractivity contribution in [2.45, 2.75) is 26.8 Å². The van der Waals surface area contributed by atoms with Crippen molar-refractivity contribution < 1.29 is 9.53 Å². The lowest BCUT2D eigenvalue weighted by atomic mass is 10.0. The van der Waals surface area contributed by atoms with Gasteiger partial charge in [0.05, 0.1) is 17.8 Å². The number of thiocarbonyl (C=S) groups is 1. The summed E-state index contributed by atoms with van der Waals surface area (Å²) in [5.41, 5.74) is 2.36. The Hall–Kier alpha value is -2.42. The zero-order valence-electron chi connectivity index (χ0n) is 16.8. The van der Waals surface area contributed by atoms with Crippen molar-refractivity contribution >= 4 is 51.2 Å². The van der Waals surface area contributed by atoms with E-state index in [1.807, 2.05) is 37.3 Å². The smallest absolute Gasteiger partial charge is 0.341 e. The molecule has 6 nitrogen and oxygen atoms in total. The number of anilines is 1. The van der Waals surface area contributed by atoms with Crippen LogP contribution in [0.4, 0.5) is 5.00 Å². The first kappa shape index (κ1) is 22.3. The van der Waals surface area contributed by atoms with Crippen molar-refractivity contribution in [1.82, 2.24) is 15.1 Å². The van der Waals surface area contributed by atoms with E-state index in [0.717, 1.165) is 29.0 Å². The quantitative estimate of drug-likeness (QED) is 0.275. The Labute approximate surface area is 190 Å². The van der Waals surface area contributed by atoms with Gasteiger partial charge in [0.2, 0.25) is 0 Å². The monoisotopic (exact) mass is 462 g/mol. The maximum atomic E-state index is 12.7. The van der Waals surface area contributed by atoms with E-state index in [4.69, 9.17) is 28.6 Å². The Kier molecular flexibility index (Phi) is 7.84. The molecule has 0 amide bonds. The van der Waals surface area contributed by atoms with Crippen molar-refractivity contribution in [1.29, 1.82) is 0 Å². The molecular weight excluding hydrogens is 440 g/mol. The fourth-order valence-electron chi connectivity index (χ4n) is 3.03. The number of hydrogen-bond donors (Lipinski definition) is 2. The molecule has 0 aliphatic heterocycles. The van der Waals surface area contributed by atoms with Crippen molar-refractivity contribution in [3.63, 3.8) is 0 Å². The van der Waals surface area contributed by atoms with Crippen molar-refractivity contribution in [3.8, 4) is 11.1 Å². The minimum absolute atomic E-state index is 0.307. The predicted molar refractivity (Wildman–Crippen MR) is 127 cm³/mol. The molecule has 1 aromatic carbocycles. The van der Waals surface area contributed by atoms with E-state index in [2.05, 4.69) is 15.7 Å². The number of nitrogens with one attached hydrogen (secondary N) is 2. The number of rotatable bonds is 8. The van der Waals surface area contributed by atoms with Crippen LogP contribution in [-0.4, -0.2) is 34.0 Å². The van der Waals surface area contributed by atoms with E-state index in [9.17, 15) is 4.79 Å². The molecule has 2 N–H and O–H groups in total. The average molecular weight is 463 g/mol. The van der Waals surface area contributed by atoms with Gasteiger partial charge in [0, 0.05) is 29.7 Å². The van der Waals surface area contributed by atoms with Gasteiger partial charge in [0.1, 0.15) is 10.6 Å². The topological polar surface area (TPSA) is 68.2 Å². The van der Waals surface area contributed by atoms with Crippen LogP contribution in [0.5, 0.6) is 0 Å². The number of ether oxygens (including phenoxy) is 1. The van der Waals surface area contributed by atoms with Gasteiger partial charge in [-0.1, -0.05) is 41.9 Å². The molecular formula is C21H23ClN4O2S2. The molecule has 0 atom stereocenters. The van der Waals surface area contributed by atoms with Crippen LogP contribution in [0.3, 0.4) is 0 Å². The molecule has 0 bridgehead atoms. The summed E-state index contributed by atoms with van der Waals surface area (Å²) in [4.78, 5) is 13.8. The number of thiophene rings is 1. The van der Waals surface area contributed by atoms with Crippen LogP contribution >= 0.6 is 35.2 Å². The highest BCUT2D eigenvalue weighted by Crippen LogP contribution is 2.40. The number of nitrogens with zero attached hydrogens (tertiary/aromatic N) is 2. The Balaban J connectivity index is 1.70. The van der Waals surface area contributed by atoms with Gasteiger partial charge in [-0.15, -0.1) is 11.3 Å². The van der Waals surface area contributed by atoms with Crippen LogP contribution in [0.25, 0.3) is 11.1 Å². The lowest BCUT2D eigenvalue weighted by molar-refractivity contribution is 0.0529. The summed E-state index contributed by atoms with van der Waals surface area (Å²) in [5, 5.41) is 12.3. The maximum Gasteiger partial charge on any atom is 0.341 e. The highest BCUT2D eigenvalue weighted by atomic mass is 35.5. The third-order valence-electron chi connectivity index (χ3n) is 4.30. The molecule has 0 aliphatic carbocycles. The average Bonchev–Trinajstić information content (AvgIpc) is 3.28. The maximum absolute atomic E-state index is 12.7. The number of carbonyl (C=O) groups excluding carboxylic acids is 1. The summed E-state index contributed by atoms with van der Waals surface area (Å²) in [5.74, 6) is -0.360. The summed E-state index contributed by atoms with van der Waals surface area (Å²) in [6.07, 6.45) is 4.22. The van der Waals surface area contributed by atoms with Gasteiger partial charge in [-0.25, -0.2) is 4.79 Å². The van der Waals surface area contributed by atoms with Gasteiger partial charge in [-0.3, -0.25) is 4.68 Å². The molecule has 0 spiro atoms. The Morgan fingerprint density at radius 2 is 2.10 bits per heavy atom. The van der Waals surface area contributed by atoms with E-state index in [0.29, 0.717) is 33.9 Å². The number of carbonyl (C=O) groups is 1. The predicted octanol–water partition coefficient (Wildman–Crippen LogP) is 5.13. The number of hydrogen-bond acceptors (Lipinski definition) is 5. The highest BCUT2D eigenvalue weighted by molar-refractivity contribution is 7.80. The summed E-state index contributed by atoms with van der Waals surface area (Å²) in [7, 11) is 0. The third-order valence-corrected chi connectivity index (χ3v) is 5.77. The normalized spacial score (nSPS) is 10.6.